The van der Waals surface area contributed by atoms with Crippen molar-refractivity contribution in [1.29, 1.82) is 0 Å². The van der Waals surface area contributed by atoms with E-state index in [0.717, 1.165) is 15.6 Å². The summed E-state index contributed by atoms with van der Waals surface area (Å²) in [5.74, 6) is 0.0128. The molecular formula is C18H19BrN2O3. The molecule has 2 N–H and O–H groups in total. The van der Waals surface area contributed by atoms with Gasteiger partial charge in [0.25, 0.3) is 0 Å². The van der Waals surface area contributed by atoms with Crippen molar-refractivity contribution in [3.05, 3.63) is 58.1 Å². The molecule has 24 heavy (non-hydrogen) atoms. The zero-order chi connectivity index (χ0) is 17.5. The van der Waals surface area contributed by atoms with Crippen molar-refractivity contribution >= 4 is 33.4 Å². The third-order valence-electron chi connectivity index (χ3n) is 3.45. The van der Waals surface area contributed by atoms with Gasteiger partial charge in [0.15, 0.2) is 0 Å². The van der Waals surface area contributed by atoms with Crippen molar-refractivity contribution < 1.29 is 14.3 Å². The summed E-state index contributed by atoms with van der Waals surface area (Å²) in [7, 11) is 1.58. The Morgan fingerprint density at radius 2 is 1.88 bits per heavy atom. The molecule has 0 heterocycles. The van der Waals surface area contributed by atoms with E-state index in [1.165, 1.54) is 0 Å². The number of nitrogens with one attached hydrogen (secondary N) is 2. The summed E-state index contributed by atoms with van der Waals surface area (Å²) in [5.41, 5.74) is 2.48. The Balaban J connectivity index is 1.86. The van der Waals surface area contributed by atoms with Gasteiger partial charge < -0.3 is 15.4 Å². The van der Waals surface area contributed by atoms with E-state index in [-0.39, 0.29) is 18.2 Å². The maximum Gasteiger partial charge on any atom is 0.233 e. The minimum atomic E-state index is -0.349. The van der Waals surface area contributed by atoms with Crippen LogP contribution in [0.2, 0.25) is 0 Å². The molecule has 2 aromatic carbocycles. The molecule has 0 aliphatic rings. The van der Waals surface area contributed by atoms with E-state index in [9.17, 15) is 9.59 Å². The van der Waals surface area contributed by atoms with Crippen LogP contribution in [0.3, 0.4) is 0 Å². The molecule has 6 heteroatoms. The SMILES string of the molecule is COc1ccccc1CNC(=O)CC(=O)Nc1ccc(Br)cc1C. The Morgan fingerprint density at radius 1 is 1.12 bits per heavy atom. The normalized spacial score (nSPS) is 10.1. The molecule has 2 amide bonds. The van der Waals surface area contributed by atoms with E-state index in [4.69, 9.17) is 4.74 Å². The highest BCUT2D eigenvalue weighted by Gasteiger charge is 2.11. The molecule has 0 bridgehead atoms. The fourth-order valence-electron chi connectivity index (χ4n) is 2.21. The van der Waals surface area contributed by atoms with E-state index >= 15 is 0 Å². The second kappa shape index (κ2) is 8.49. The molecule has 0 radical (unpaired) electrons. The van der Waals surface area contributed by atoms with Crippen LogP contribution < -0.4 is 15.4 Å². The van der Waals surface area contributed by atoms with Gasteiger partial charge in [-0.1, -0.05) is 34.1 Å². The lowest BCUT2D eigenvalue weighted by atomic mass is 10.2. The quantitative estimate of drug-likeness (QED) is 0.742. The van der Waals surface area contributed by atoms with Gasteiger partial charge in [-0.05, 0) is 36.8 Å². The predicted molar refractivity (Wildman–Crippen MR) is 97.0 cm³/mol. The first-order valence-electron chi connectivity index (χ1n) is 7.44. The number of hydrogen-bond acceptors (Lipinski definition) is 3. The Bertz CT molecular complexity index is 747. The first-order valence-corrected chi connectivity index (χ1v) is 8.23. The highest BCUT2D eigenvalue weighted by Crippen LogP contribution is 2.20. The van der Waals surface area contributed by atoms with Crippen molar-refractivity contribution in [1.82, 2.24) is 5.32 Å². The number of halogens is 1. The molecule has 0 aromatic heterocycles. The molecule has 0 aliphatic carbocycles. The summed E-state index contributed by atoms with van der Waals surface area (Å²) < 4.78 is 6.16. The van der Waals surface area contributed by atoms with E-state index in [0.29, 0.717) is 18.0 Å². The summed E-state index contributed by atoms with van der Waals surface area (Å²) in [5, 5.41) is 5.47. The van der Waals surface area contributed by atoms with Gasteiger partial charge in [0.05, 0.1) is 7.11 Å². The summed E-state index contributed by atoms with van der Waals surface area (Å²) >= 11 is 3.37. The van der Waals surface area contributed by atoms with Gasteiger partial charge in [0.1, 0.15) is 12.2 Å². The second-order valence-corrected chi connectivity index (χ2v) is 6.19. The average Bonchev–Trinajstić information content (AvgIpc) is 2.55. The number of carbonyl (C=O) groups is 2. The molecule has 0 fully saturated rings. The first-order chi connectivity index (χ1) is 11.5. The zero-order valence-corrected chi connectivity index (χ0v) is 15.1. The number of methoxy groups -OCH3 is 1. The van der Waals surface area contributed by atoms with Gasteiger partial charge in [-0.15, -0.1) is 0 Å². The van der Waals surface area contributed by atoms with Crippen molar-refractivity contribution in [3.8, 4) is 5.75 Å². The summed E-state index contributed by atoms with van der Waals surface area (Å²) in [4.78, 5) is 23.9. The number of anilines is 1. The minimum Gasteiger partial charge on any atom is -0.496 e. The number of carbonyl (C=O) groups excluding carboxylic acids is 2. The van der Waals surface area contributed by atoms with E-state index < -0.39 is 0 Å². The first kappa shape index (κ1) is 18.0. The Morgan fingerprint density at radius 3 is 2.58 bits per heavy atom. The highest BCUT2D eigenvalue weighted by atomic mass is 79.9. The molecule has 0 aliphatic heterocycles. The number of ether oxygens (including phenoxy) is 1. The van der Waals surface area contributed by atoms with Crippen LogP contribution in [0.5, 0.6) is 5.75 Å². The van der Waals surface area contributed by atoms with Crippen LogP contribution in [-0.2, 0) is 16.1 Å². The zero-order valence-electron chi connectivity index (χ0n) is 13.6. The summed E-state index contributed by atoms with van der Waals surface area (Å²) in [6.07, 6.45) is -0.231. The van der Waals surface area contributed by atoms with Gasteiger partial charge in [0.2, 0.25) is 11.8 Å². The van der Waals surface area contributed by atoms with Gasteiger partial charge in [-0.2, -0.15) is 0 Å². The summed E-state index contributed by atoms with van der Waals surface area (Å²) in [6.45, 7) is 2.20. The molecule has 0 saturated heterocycles. The Kier molecular flexibility index (Phi) is 6.37. The molecular weight excluding hydrogens is 372 g/mol. The van der Waals surface area contributed by atoms with Gasteiger partial charge in [-0.3, -0.25) is 9.59 Å². The second-order valence-electron chi connectivity index (χ2n) is 5.27. The monoisotopic (exact) mass is 390 g/mol. The van der Waals surface area contributed by atoms with Crippen molar-refractivity contribution in [3.63, 3.8) is 0 Å². The maximum atomic E-state index is 12.0. The molecule has 0 unspecified atom stereocenters. The largest absolute Gasteiger partial charge is 0.496 e. The number of benzene rings is 2. The number of para-hydroxylation sites is 1. The van der Waals surface area contributed by atoms with Crippen LogP contribution in [-0.4, -0.2) is 18.9 Å². The van der Waals surface area contributed by atoms with Crippen LogP contribution in [0.15, 0.2) is 46.9 Å². The van der Waals surface area contributed by atoms with Gasteiger partial charge >= 0.3 is 0 Å². The fourth-order valence-corrected chi connectivity index (χ4v) is 2.69. The highest BCUT2D eigenvalue weighted by molar-refractivity contribution is 9.10. The summed E-state index contributed by atoms with van der Waals surface area (Å²) in [6, 6.07) is 13.0. The topological polar surface area (TPSA) is 67.4 Å². The molecule has 2 rings (SSSR count). The van der Waals surface area contributed by atoms with E-state index in [1.54, 1.807) is 13.2 Å². The third kappa shape index (κ3) is 5.09. The smallest absolute Gasteiger partial charge is 0.233 e. The van der Waals surface area contributed by atoms with Gasteiger partial charge in [0, 0.05) is 22.3 Å². The van der Waals surface area contributed by atoms with Crippen LogP contribution >= 0.6 is 15.9 Å². The molecule has 0 atom stereocenters. The van der Waals surface area contributed by atoms with Gasteiger partial charge in [-0.25, -0.2) is 0 Å². The average molecular weight is 391 g/mol. The lowest BCUT2D eigenvalue weighted by molar-refractivity contribution is -0.126. The molecule has 2 aromatic rings. The third-order valence-corrected chi connectivity index (χ3v) is 3.95. The van der Waals surface area contributed by atoms with Crippen LogP contribution in [0.25, 0.3) is 0 Å². The van der Waals surface area contributed by atoms with Crippen LogP contribution in [0, 0.1) is 6.92 Å². The number of amides is 2. The number of aryl methyl sites for hydroxylation is 1. The number of rotatable bonds is 6. The van der Waals surface area contributed by atoms with Crippen molar-refractivity contribution in [2.45, 2.75) is 19.9 Å². The maximum absolute atomic E-state index is 12.0. The Labute approximate surface area is 149 Å². The molecule has 126 valence electrons. The fraction of sp³-hybridized carbons (Fsp3) is 0.222. The van der Waals surface area contributed by atoms with Crippen LogP contribution in [0.1, 0.15) is 17.5 Å². The van der Waals surface area contributed by atoms with Crippen molar-refractivity contribution in [2.75, 3.05) is 12.4 Å². The number of hydrogen-bond donors (Lipinski definition) is 2. The minimum absolute atomic E-state index is 0.231. The lowest BCUT2D eigenvalue weighted by Gasteiger charge is -2.11. The molecule has 0 saturated carbocycles. The van der Waals surface area contributed by atoms with Crippen LogP contribution in [0.4, 0.5) is 5.69 Å². The predicted octanol–water partition coefficient (Wildman–Crippen LogP) is 3.41. The standard InChI is InChI=1S/C18H19BrN2O3/c1-12-9-14(19)7-8-15(12)21-18(23)10-17(22)20-11-13-5-3-4-6-16(13)24-2/h3-9H,10-11H2,1-2H3,(H,20,22)(H,21,23). The lowest BCUT2D eigenvalue weighted by Crippen LogP contribution is -2.28. The molecule has 5 nitrogen and oxygen atoms in total. The molecule has 0 spiro atoms. The van der Waals surface area contributed by atoms with Crippen molar-refractivity contribution in [2.24, 2.45) is 0 Å². The Hall–Kier alpha value is -2.34. The van der Waals surface area contributed by atoms with E-state index in [1.807, 2.05) is 43.3 Å². The van der Waals surface area contributed by atoms with E-state index in [2.05, 4.69) is 26.6 Å².